The van der Waals surface area contributed by atoms with Gasteiger partial charge in [0.15, 0.2) is 6.61 Å². The van der Waals surface area contributed by atoms with Gasteiger partial charge >= 0.3 is 5.97 Å². The molecule has 0 bridgehead atoms. The number of ether oxygens (including phenoxy) is 1. The molecule has 0 fully saturated rings. The summed E-state index contributed by atoms with van der Waals surface area (Å²) in [5.74, 6) is -0.284. The van der Waals surface area contributed by atoms with E-state index in [2.05, 4.69) is 55.6 Å². The summed E-state index contributed by atoms with van der Waals surface area (Å²) in [6, 6.07) is 13.1. The Morgan fingerprint density at radius 3 is 2.00 bits per heavy atom. The third-order valence-electron chi connectivity index (χ3n) is 4.05. The maximum atomic E-state index is 12.4. The molecule has 4 nitrogen and oxygen atoms in total. The number of rotatable bonds is 6. The Bertz CT molecular complexity index is 756. The molecule has 26 heavy (non-hydrogen) atoms. The number of amides is 1. The van der Waals surface area contributed by atoms with Crippen LogP contribution in [0.3, 0.4) is 0 Å². The zero-order valence-corrected chi connectivity index (χ0v) is 17.7. The highest BCUT2D eigenvalue weighted by atomic mass is 127. The Hall–Kier alpha value is -1.89. The van der Waals surface area contributed by atoms with E-state index in [1.807, 2.05) is 30.3 Å². The van der Waals surface area contributed by atoms with Gasteiger partial charge in [0.25, 0.3) is 5.91 Å². The Labute approximate surface area is 168 Å². The molecule has 0 heterocycles. The van der Waals surface area contributed by atoms with Crippen molar-refractivity contribution >= 4 is 40.2 Å². The van der Waals surface area contributed by atoms with Gasteiger partial charge in [-0.2, -0.15) is 0 Å². The quantitative estimate of drug-likeness (QED) is 0.463. The molecule has 5 heteroatoms. The first-order valence-corrected chi connectivity index (χ1v) is 9.72. The van der Waals surface area contributed by atoms with E-state index in [9.17, 15) is 9.59 Å². The van der Waals surface area contributed by atoms with Crippen molar-refractivity contribution < 1.29 is 14.3 Å². The summed E-state index contributed by atoms with van der Waals surface area (Å²) in [5, 5.41) is 2.94. The Balaban J connectivity index is 2.08. The lowest BCUT2D eigenvalue weighted by Gasteiger charge is -2.20. The van der Waals surface area contributed by atoms with Crippen LogP contribution in [0.4, 0.5) is 5.69 Å². The molecule has 0 atom stereocenters. The summed E-state index contributed by atoms with van der Waals surface area (Å²) in [6.07, 6.45) is 0. The van der Waals surface area contributed by atoms with Crippen LogP contribution in [-0.2, 0) is 9.53 Å². The molecule has 0 aliphatic heterocycles. The highest BCUT2D eigenvalue weighted by molar-refractivity contribution is 14.1. The second-order valence-corrected chi connectivity index (χ2v) is 8.00. The van der Waals surface area contributed by atoms with E-state index in [0.717, 1.165) is 20.4 Å². The molecule has 0 spiro atoms. The van der Waals surface area contributed by atoms with Crippen LogP contribution >= 0.6 is 22.6 Å². The fourth-order valence-corrected chi connectivity index (χ4v) is 3.03. The molecule has 0 unspecified atom stereocenters. The maximum Gasteiger partial charge on any atom is 0.338 e. The van der Waals surface area contributed by atoms with E-state index in [1.54, 1.807) is 12.1 Å². The Kier molecular flexibility index (Phi) is 7.20. The molecule has 0 aliphatic rings. The van der Waals surface area contributed by atoms with Gasteiger partial charge in [0.05, 0.1) is 5.56 Å². The van der Waals surface area contributed by atoms with Gasteiger partial charge in [0.1, 0.15) is 0 Å². The zero-order valence-electron chi connectivity index (χ0n) is 15.5. The van der Waals surface area contributed by atoms with E-state index in [1.165, 1.54) is 0 Å². The van der Waals surface area contributed by atoms with Crippen molar-refractivity contribution in [1.82, 2.24) is 0 Å². The minimum absolute atomic E-state index is 0.276. The standard InChI is InChI=1S/C21H24INO3/c1-13(2)17-6-5-7-18(14(3)4)20(17)23-19(24)12-26-21(25)15-8-10-16(22)11-9-15/h5-11,13-14H,12H2,1-4H3,(H,23,24). The van der Waals surface area contributed by atoms with Gasteiger partial charge in [-0.25, -0.2) is 4.79 Å². The number of hydrogen-bond donors (Lipinski definition) is 1. The number of halogens is 1. The zero-order chi connectivity index (χ0) is 19.3. The molecule has 0 aliphatic carbocycles. The van der Waals surface area contributed by atoms with Crippen LogP contribution in [0.15, 0.2) is 42.5 Å². The molecular formula is C21H24INO3. The van der Waals surface area contributed by atoms with Gasteiger partial charge in [-0.05, 0) is 69.8 Å². The van der Waals surface area contributed by atoms with Crippen molar-refractivity contribution in [2.45, 2.75) is 39.5 Å². The SMILES string of the molecule is CC(C)c1cccc(C(C)C)c1NC(=O)COC(=O)c1ccc(I)cc1. The molecule has 0 radical (unpaired) electrons. The van der Waals surface area contributed by atoms with Crippen molar-refractivity contribution in [2.24, 2.45) is 0 Å². The second kappa shape index (κ2) is 9.16. The highest BCUT2D eigenvalue weighted by Crippen LogP contribution is 2.32. The van der Waals surface area contributed by atoms with Gasteiger partial charge in [0, 0.05) is 9.26 Å². The van der Waals surface area contributed by atoms with Crippen LogP contribution in [0.1, 0.15) is 61.0 Å². The van der Waals surface area contributed by atoms with E-state index < -0.39 is 5.97 Å². The van der Waals surface area contributed by atoms with Gasteiger partial charge in [0.2, 0.25) is 0 Å². The van der Waals surface area contributed by atoms with E-state index >= 15 is 0 Å². The number of carbonyl (C=O) groups is 2. The fourth-order valence-electron chi connectivity index (χ4n) is 2.67. The monoisotopic (exact) mass is 465 g/mol. The predicted molar refractivity (Wildman–Crippen MR) is 113 cm³/mol. The van der Waals surface area contributed by atoms with Crippen LogP contribution in [0, 0.1) is 3.57 Å². The molecule has 0 saturated carbocycles. The van der Waals surface area contributed by atoms with Crippen LogP contribution in [-0.4, -0.2) is 18.5 Å². The first-order valence-electron chi connectivity index (χ1n) is 8.65. The Morgan fingerprint density at radius 1 is 0.962 bits per heavy atom. The summed E-state index contributed by atoms with van der Waals surface area (Å²) in [7, 11) is 0. The van der Waals surface area contributed by atoms with E-state index in [-0.39, 0.29) is 24.3 Å². The molecular weight excluding hydrogens is 441 g/mol. The molecule has 0 aromatic heterocycles. The van der Waals surface area contributed by atoms with E-state index in [0.29, 0.717) is 5.56 Å². The first kappa shape index (κ1) is 20.4. The lowest BCUT2D eigenvalue weighted by molar-refractivity contribution is -0.119. The first-order chi connectivity index (χ1) is 12.3. The topological polar surface area (TPSA) is 55.4 Å². The molecule has 2 aromatic rings. The summed E-state index contributed by atoms with van der Waals surface area (Å²) in [6.45, 7) is 8.05. The van der Waals surface area contributed by atoms with Crippen molar-refractivity contribution in [3.05, 3.63) is 62.7 Å². The van der Waals surface area contributed by atoms with Crippen LogP contribution < -0.4 is 5.32 Å². The minimum atomic E-state index is -0.502. The lowest BCUT2D eigenvalue weighted by Crippen LogP contribution is -2.22. The summed E-state index contributed by atoms with van der Waals surface area (Å²) < 4.78 is 6.18. The third kappa shape index (κ3) is 5.30. The van der Waals surface area contributed by atoms with Gasteiger partial charge < -0.3 is 10.1 Å². The number of esters is 1. The van der Waals surface area contributed by atoms with Crippen molar-refractivity contribution in [3.63, 3.8) is 0 Å². The summed E-state index contributed by atoms with van der Waals surface area (Å²) in [4.78, 5) is 24.4. The van der Waals surface area contributed by atoms with Gasteiger partial charge in [-0.1, -0.05) is 45.9 Å². The minimum Gasteiger partial charge on any atom is -0.452 e. The lowest BCUT2D eigenvalue weighted by atomic mass is 9.92. The molecule has 2 aromatic carbocycles. The number of carbonyl (C=O) groups excluding carboxylic acids is 2. The van der Waals surface area contributed by atoms with Gasteiger partial charge in [-0.15, -0.1) is 0 Å². The average molecular weight is 465 g/mol. The number of benzene rings is 2. The third-order valence-corrected chi connectivity index (χ3v) is 4.77. The van der Waals surface area contributed by atoms with Crippen molar-refractivity contribution in [3.8, 4) is 0 Å². The van der Waals surface area contributed by atoms with Crippen LogP contribution in [0.5, 0.6) is 0 Å². The van der Waals surface area contributed by atoms with E-state index in [4.69, 9.17) is 4.74 Å². The average Bonchev–Trinajstić information content (AvgIpc) is 2.60. The molecule has 138 valence electrons. The summed E-state index contributed by atoms with van der Waals surface area (Å²) in [5.41, 5.74) is 3.42. The molecule has 1 amide bonds. The molecule has 0 saturated heterocycles. The number of nitrogens with one attached hydrogen (secondary N) is 1. The maximum absolute atomic E-state index is 12.4. The number of para-hydroxylation sites is 1. The smallest absolute Gasteiger partial charge is 0.338 e. The van der Waals surface area contributed by atoms with Crippen molar-refractivity contribution in [2.75, 3.05) is 11.9 Å². The largest absolute Gasteiger partial charge is 0.452 e. The number of anilines is 1. The second-order valence-electron chi connectivity index (χ2n) is 6.75. The van der Waals surface area contributed by atoms with Gasteiger partial charge in [-0.3, -0.25) is 4.79 Å². The predicted octanol–water partition coefficient (Wildman–Crippen LogP) is 5.33. The fraction of sp³-hybridized carbons (Fsp3) is 0.333. The van der Waals surface area contributed by atoms with Crippen LogP contribution in [0.25, 0.3) is 0 Å². The van der Waals surface area contributed by atoms with Crippen LogP contribution in [0.2, 0.25) is 0 Å². The molecule has 2 rings (SSSR count). The normalized spacial score (nSPS) is 10.9. The Morgan fingerprint density at radius 2 is 1.50 bits per heavy atom. The molecule has 1 N–H and O–H groups in total. The number of hydrogen-bond acceptors (Lipinski definition) is 3. The summed E-state index contributed by atoms with van der Waals surface area (Å²) >= 11 is 2.16. The van der Waals surface area contributed by atoms with Crippen molar-refractivity contribution in [1.29, 1.82) is 0 Å². The highest BCUT2D eigenvalue weighted by Gasteiger charge is 2.17.